The quantitative estimate of drug-likeness (QED) is 0.213. The van der Waals surface area contributed by atoms with Crippen molar-refractivity contribution in [1.29, 1.82) is 0 Å². The van der Waals surface area contributed by atoms with Crippen LogP contribution in [0.3, 0.4) is 0 Å². The summed E-state index contributed by atoms with van der Waals surface area (Å²) in [4.78, 5) is 12.8. The molecule has 0 aromatic rings. The molecule has 5 saturated carbocycles. The van der Waals surface area contributed by atoms with E-state index in [9.17, 15) is 30.3 Å². The molecule has 0 amide bonds. The molecule has 270 valence electrons. The van der Waals surface area contributed by atoms with Crippen molar-refractivity contribution in [3.05, 3.63) is 11.6 Å². The molecule has 0 radical (unpaired) electrons. The van der Waals surface area contributed by atoms with E-state index in [2.05, 4.69) is 33.8 Å². The Kier molecular flexibility index (Phi) is 8.48. The average molecular weight is 675 g/mol. The van der Waals surface area contributed by atoms with Crippen LogP contribution in [0.25, 0.3) is 0 Å². The van der Waals surface area contributed by atoms with Gasteiger partial charge in [-0.2, -0.15) is 0 Å². The van der Waals surface area contributed by atoms with E-state index in [1.807, 2.05) is 0 Å². The highest BCUT2D eigenvalue weighted by molar-refractivity contribution is 5.76. The Balaban J connectivity index is 0.993. The third kappa shape index (κ3) is 5.05. The van der Waals surface area contributed by atoms with Gasteiger partial charge in [0.25, 0.3) is 0 Å². The molecule has 2 heterocycles. The van der Waals surface area contributed by atoms with Crippen molar-refractivity contribution in [2.45, 2.75) is 154 Å². The van der Waals surface area contributed by atoms with Crippen molar-refractivity contribution < 1.29 is 49.3 Å². The zero-order chi connectivity index (χ0) is 33.9. The van der Waals surface area contributed by atoms with E-state index < -0.39 is 54.5 Å². The van der Waals surface area contributed by atoms with E-state index in [4.69, 9.17) is 18.9 Å². The van der Waals surface area contributed by atoms with E-state index in [0.717, 1.165) is 64.2 Å². The molecule has 0 spiro atoms. The number of aliphatic carboxylic acids is 1. The van der Waals surface area contributed by atoms with Gasteiger partial charge in [0.15, 0.2) is 12.6 Å². The first kappa shape index (κ1) is 34.0. The lowest BCUT2D eigenvalue weighted by Gasteiger charge is -2.66. The summed E-state index contributed by atoms with van der Waals surface area (Å²) in [5.74, 6) is 1.67. The Labute approximate surface area is 284 Å². The molecule has 0 aromatic heterocycles. The lowest BCUT2D eigenvalue weighted by molar-refractivity contribution is -0.348. The minimum absolute atomic E-state index is 0.0885. The normalized spacial score (nSPS) is 57.5. The molecule has 2 saturated heterocycles. The fourth-order valence-corrected chi connectivity index (χ4v) is 12.8. The van der Waals surface area contributed by atoms with Crippen molar-refractivity contribution >= 4 is 5.97 Å². The fraction of sp³-hybridized carbons (Fsp3) is 0.921. The van der Waals surface area contributed by atoms with Crippen LogP contribution in [-0.4, -0.2) is 93.4 Å². The summed E-state index contributed by atoms with van der Waals surface area (Å²) in [6.07, 6.45) is 4.64. The van der Waals surface area contributed by atoms with Crippen LogP contribution in [-0.2, 0) is 23.7 Å². The fourth-order valence-electron chi connectivity index (χ4n) is 12.8. The van der Waals surface area contributed by atoms with Crippen molar-refractivity contribution in [2.24, 2.45) is 57.7 Å². The summed E-state index contributed by atoms with van der Waals surface area (Å²) in [6, 6.07) is 0. The Morgan fingerprint density at radius 3 is 2.38 bits per heavy atom. The Hall–Kier alpha value is -1.11. The predicted molar refractivity (Wildman–Crippen MR) is 173 cm³/mol. The van der Waals surface area contributed by atoms with Crippen LogP contribution in [0.15, 0.2) is 11.6 Å². The number of carbonyl (C=O) groups is 1. The minimum Gasteiger partial charge on any atom is -0.481 e. The maximum absolute atomic E-state index is 12.8. The zero-order valence-electron chi connectivity index (χ0n) is 29.1. The van der Waals surface area contributed by atoms with Gasteiger partial charge >= 0.3 is 5.97 Å². The molecule has 6 aliphatic carbocycles. The number of rotatable bonds is 5. The standard InChI is InChI=1S/C38H58O10/c1-18-7-13-38(35(43)44)14-9-23-20(24(38)15-18)5-6-28-36(3)12-10-26(19(2)22(36)8-11-37(23,28)4)46-34-32(30(41)25(39)17-45-34)48-33-31(42)29(40)21-16-27(21)47-33/h5,18-19,21-34,39-42H,6-17H2,1-4H3,(H,43,44)/t18-,19+,21?,22?,23?,24-,25?,26-,27?,28?,29?,30?,31?,32?,33?,34?,36-,37-,38-/m0/s1. The number of carboxylic acids is 1. The second-order valence-corrected chi connectivity index (χ2v) is 18.0. The second-order valence-electron chi connectivity index (χ2n) is 18.0. The van der Waals surface area contributed by atoms with Crippen LogP contribution < -0.4 is 0 Å². The molecule has 19 atom stereocenters. The first-order chi connectivity index (χ1) is 22.8. The van der Waals surface area contributed by atoms with Crippen LogP contribution in [0.2, 0.25) is 0 Å². The maximum atomic E-state index is 12.8. The third-order valence-electron chi connectivity index (χ3n) is 15.7. The smallest absolute Gasteiger partial charge is 0.310 e. The topological polar surface area (TPSA) is 155 Å². The summed E-state index contributed by atoms with van der Waals surface area (Å²) < 4.78 is 24.6. The molecule has 8 aliphatic rings. The SMILES string of the molecule is C[C@H]1CC[C@]2(C(=O)O)CCC3C(=CCC4[C@@]3(C)CCC3[C@@H](C)[C@@H](OC5OCC(O)C(O)C5OC5OC6CC6C(O)C5O)CC[C@@]34C)[C@@H]2C1. The van der Waals surface area contributed by atoms with Crippen LogP contribution in [0.1, 0.15) is 98.3 Å². The second kappa shape index (κ2) is 12.0. The monoisotopic (exact) mass is 674 g/mol. The molecule has 8 rings (SSSR count). The van der Waals surface area contributed by atoms with Crippen molar-refractivity contribution in [3.8, 4) is 0 Å². The van der Waals surface area contributed by atoms with Gasteiger partial charge in [-0.25, -0.2) is 0 Å². The molecular formula is C38H58O10. The number of ether oxygens (including phenoxy) is 4. The maximum Gasteiger partial charge on any atom is 0.310 e. The van der Waals surface area contributed by atoms with Crippen LogP contribution >= 0.6 is 0 Å². The molecule has 0 bridgehead atoms. The van der Waals surface area contributed by atoms with Gasteiger partial charge in [0.1, 0.15) is 24.4 Å². The number of allylic oxidation sites excluding steroid dienone is 2. The molecule has 10 nitrogen and oxygen atoms in total. The van der Waals surface area contributed by atoms with Gasteiger partial charge in [0, 0.05) is 5.92 Å². The van der Waals surface area contributed by atoms with Crippen molar-refractivity contribution in [1.82, 2.24) is 0 Å². The molecule has 5 N–H and O–H groups in total. The number of aliphatic hydroxyl groups is 4. The largest absolute Gasteiger partial charge is 0.481 e. The van der Waals surface area contributed by atoms with Crippen LogP contribution in [0.4, 0.5) is 0 Å². The lowest BCUT2D eigenvalue weighted by atomic mass is 9.38. The number of hydrogen-bond acceptors (Lipinski definition) is 9. The van der Waals surface area contributed by atoms with E-state index >= 15 is 0 Å². The third-order valence-corrected chi connectivity index (χ3v) is 15.7. The van der Waals surface area contributed by atoms with Crippen LogP contribution in [0, 0.1) is 57.7 Å². The average Bonchev–Trinajstić information content (AvgIpc) is 3.83. The van der Waals surface area contributed by atoms with E-state index in [1.54, 1.807) is 0 Å². The Morgan fingerprint density at radius 1 is 0.854 bits per heavy atom. The predicted octanol–water partition coefficient (Wildman–Crippen LogP) is 4.02. The summed E-state index contributed by atoms with van der Waals surface area (Å²) in [6.45, 7) is 9.52. The van der Waals surface area contributed by atoms with E-state index in [0.29, 0.717) is 30.1 Å². The van der Waals surface area contributed by atoms with Gasteiger partial charge in [-0.05, 0) is 117 Å². The summed E-state index contributed by atoms with van der Waals surface area (Å²) in [5, 5.41) is 53.1. The molecular weight excluding hydrogens is 616 g/mol. The Morgan fingerprint density at radius 2 is 1.60 bits per heavy atom. The summed E-state index contributed by atoms with van der Waals surface area (Å²) in [7, 11) is 0. The number of fused-ring (bicyclic) bond motifs is 8. The van der Waals surface area contributed by atoms with Crippen molar-refractivity contribution in [2.75, 3.05) is 6.61 Å². The Bertz CT molecular complexity index is 1290. The number of hydrogen-bond donors (Lipinski definition) is 5. The molecule has 10 heteroatoms. The van der Waals surface area contributed by atoms with E-state index in [1.165, 1.54) is 5.57 Å². The van der Waals surface area contributed by atoms with E-state index in [-0.39, 0.29) is 47.4 Å². The molecule has 7 fully saturated rings. The molecule has 0 aromatic carbocycles. The molecule has 2 aliphatic heterocycles. The van der Waals surface area contributed by atoms with Gasteiger partial charge in [0.05, 0.1) is 30.3 Å². The first-order valence-electron chi connectivity index (χ1n) is 19.0. The van der Waals surface area contributed by atoms with Crippen molar-refractivity contribution in [3.63, 3.8) is 0 Å². The molecule has 48 heavy (non-hydrogen) atoms. The lowest BCUT2D eigenvalue weighted by Crippen LogP contribution is -2.62. The van der Waals surface area contributed by atoms with Gasteiger partial charge in [-0.3, -0.25) is 4.79 Å². The highest BCUT2D eigenvalue weighted by Crippen LogP contribution is 2.70. The van der Waals surface area contributed by atoms with Gasteiger partial charge in [-0.15, -0.1) is 0 Å². The number of aliphatic hydroxyl groups excluding tert-OH is 4. The summed E-state index contributed by atoms with van der Waals surface area (Å²) >= 11 is 0. The summed E-state index contributed by atoms with van der Waals surface area (Å²) in [5.41, 5.74) is 1.15. The zero-order valence-corrected chi connectivity index (χ0v) is 29.1. The van der Waals surface area contributed by atoms with Gasteiger partial charge in [0.2, 0.25) is 0 Å². The van der Waals surface area contributed by atoms with Gasteiger partial charge in [-0.1, -0.05) is 39.3 Å². The van der Waals surface area contributed by atoms with Crippen LogP contribution in [0.5, 0.6) is 0 Å². The highest BCUT2D eigenvalue weighted by atomic mass is 16.8. The highest BCUT2D eigenvalue weighted by Gasteiger charge is 2.64. The number of carboxylic acid groups (broad SMARTS) is 1. The first-order valence-corrected chi connectivity index (χ1v) is 19.0. The minimum atomic E-state index is -1.29. The van der Waals surface area contributed by atoms with Gasteiger partial charge < -0.3 is 44.5 Å². The molecule has 12 unspecified atom stereocenters.